The molecule has 5 heteroatoms. The highest BCUT2D eigenvalue weighted by molar-refractivity contribution is 5.90. The van der Waals surface area contributed by atoms with Gasteiger partial charge in [-0.3, -0.25) is 9.59 Å². The third-order valence-electron chi connectivity index (χ3n) is 3.10. The summed E-state index contributed by atoms with van der Waals surface area (Å²) in [5.41, 5.74) is 1.13. The Kier molecular flexibility index (Phi) is 4.72. The number of carbonyl (C=O) groups is 2. The molecule has 1 saturated carbocycles. The predicted octanol–water partition coefficient (Wildman–Crippen LogP) is 1.80. The van der Waals surface area contributed by atoms with E-state index in [4.69, 9.17) is 5.26 Å². The van der Waals surface area contributed by atoms with Crippen LogP contribution in [0.1, 0.15) is 31.2 Å². The van der Waals surface area contributed by atoms with Gasteiger partial charge in [0.25, 0.3) is 0 Å². The molecule has 1 aromatic rings. The summed E-state index contributed by atoms with van der Waals surface area (Å²) < 4.78 is 0. The molecule has 0 saturated heterocycles. The lowest BCUT2D eigenvalue weighted by atomic mass is 10.2. The molecule has 0 atom stereocenters. The first-order chi connectivity index (χ1) is 9.69. The number of rotatable bonds is 6. The molecule has 0 heterocycles. The van der Waals surface area contributed by atoms with Crippen LogP contribution in [0.15, 0.2) is 24.3 Å². The molecular formula is C15H17N3O2. The fourth-order valence-corrected chi connectivity index (χ4v) is 1.84. The van der Waals surface area contributed by atoms with Crippen molar-refractivity contribution in [3.63, 3.8) is 0 Å². The summed E-state index contributed by atoms with van der Waals surface area (Å²) in [6, 6.07) is 8.81. The number of benzene rings is 1. The van der Waals surface area contributed by atoms with Crippen molar-refractivity contribution in [3.05, 3.63) is 29.8 Å². The highest BCUT2D eigenvalue weighted by atomic mass is 16.2. The van der Waals surface area contributed by atoms with Crippen molar-refractivity contribution in [3.8, 4) is 6.07 Å². The topological polar surface area (TPSA) is 82.0 Å². The standard InChI is InChI=1S/C15H17N3O2/c16-10-11-3-1-4-13(9-11)18-14(19)5-2-8-17-15(20)12-6-7-12/h1,3-4,9,12H,2,5-8H2,(H,17,20)(H,18,19). The number of hydrogen-bond acceptors (Lipinski definition) is 3. The summed E-state index contributed by atoms with van der Waals surface area (Å²) in [6.07, 6.45) is 2.94. The van der Waals surface area contributed by atoms with Gasteiger partial charge < -0.3 is 10.6 Å². The summed E-state index contributed by atoms with van der Waals surface area (Å²) in [5.74, 6) is 0.199. The van der Waals surface area contributed by atoms with Crippen molar-refractivity contribution in [1.82, 2.24) is 5.32 Å². The summed E-state index contributed by atoms with van der Waals surface area (Å²) >= 11 is 0. The summed E-state index contributed by atoms with van der Waals surface area (Å²) in [6.45, 7) is 0.529. The van der Waals surface area contributed by atoms with Gasteiger partial charge in [-0.2, -0.15) is 5.26 Å². The fourth-order valence-electron chi connectivity index (χ4n) is 1.84. The smallest absolute Gasteiger partial charge is 0.224 e. The average Bonchev–Trinajstić information content (AvgIpc) is 3.28. The predicted molar refractivity (Wildman–Crippen MR) is 74.8 cm³/mol. The van der Waals surface area contributed by atoms with Crippen LogP contribution in [0, 0.1) is 17.2 Å². The normalized spacial score (nSPS) is 13.3. The maximum Gasteiger partial charge on any atom is 0.224 e. The highest BCUT2D eigenvalue weighted by Gasteiger charge is 2.28. The van der Waals surface area contributed by atoms with E-state index < -0.39 is 0 Å². The number of nitrogens with one attached hydrogen (secondary N) is 2. The molecule has 0 unspecified atom stereocenters. The molecule has 1 aliphatic rings. The molecular weight excluding hydrogens is 254 g/mol. The van der Waals surface area contributed by atoms with Gasteiger partial charge in [0.05, 0.1) is 11.6 Å². The van der Waals surface area contributed by atoms with E-state index in [2.05, 4.69) is 10.6 Å². The molecule has 2 N–H and O–H groups in total. The van der Waals surface area contributed by atoms with Crippen LogP contribution < -0.4 is 10.6 Å². The zero-order chi connectivity index (χ0) is 14.4. The van der Waals surface area contributed by atoms with E-state index in [1.165, 1.54) is 0 Å². The first-order valence-corrected chi connectivity index (χ1v) is 6.77. The van der Waals surface area contributed by atoms with Crippen LogP contribution in [-0.2, 0) is 9.59 Å². The van der Waals surface area contributed by atoms with Gasteiger partial charge in [-0.25, -0.2) is 0 Å². The van der Waals surface area contributed by atoms with E-state index >= 15 is 0 Å². The molecule has 104 valence electrons. The van der Waals surface area contributed by atoms with Gasteiger partial charge in [0.15, 0.2) is 0 Å². The fraction of sp³-hybridized carbons (Fsp3) is 0.400. The van der Waals surface area contributed by atoms with Crippen molar-refractivity contribution < 1.29 is 9.59 Å². The lowest BCUT2D eigenvalue weighted by Gasteiger charge is -2.06. The van der Waals surface area contributed by atoms with Crippen molar-refractivity contribution in [2.75, 3.05) is 11.9 Å². The monoisotopic (exact) mass is 271 g/mol. The second-order valence-electron chi connectivity index (χ2n) is 4.91. The first kappa shape index (κ1) is 14.1. The van der Waals surface area contributed by atoms with Gasteiger partial charge in [0.1, 0.15) is 0 Å². The molecule has 1 fully saturated rings. The number of amides is 2. The van der Waals surface area contributed by atoms with E-state index in [-0.39, 0.29) is 17.7 Å². The molecule has 5 nitrogen and oxygen atoms in total. The second kappa shape index (κ2) is 6.71. The molecule has 0 aromatic heterocycles. The van der Waals surface area contributed by atoms with Crippen LogP contribution in [0.5, 0.6) is 0 Å². The van der Waals surface area contributed by atoms with Crippen LogP contribution in [0.3, 0.4) is 0 Å². The summed E-state index contributed by atoms with van der Waals surface area (Å²) in [4.78, 5) is 23.1. The largest absolute Gasteiger partial charge is 0.356 e. The Morgan fingerprint density at radius 3 is 2.85 bits per heavy atom. The summed E-state index contributed by atoms with van der Waals surface area (Å²) in [7, 11) is 0. The maximum atomic E-state index is 11.7. The van der Waals surface area contributed by atoms with Crippen LogP contribution >= 0.6 is 0 Å². The third-order valence-corrected chi connectivity index (χ3v) is 3.10. The lowest BCUT2D eigenvalue weighted by Crippen LogP contribution is -2.26. The molecule has 2 amide bonds. The number of nitrogens with zero attached hydrogens (tertiary/aromatic N) is 1. The zero-order valence-corrected chi connectivity index (χ0v) is 11.2. The van der Waals surface area contributed by atoms with Crippen LogP contribution in [0.4, 0.5) is 5.69 Å². The van der Waals surface area contributed by atoms with Crippen molar-refractivity contribution in [1.29, 1.82) is 5.26 Å². The van der Waals surface area contributed by atoms with Crippen molar-refractivity contribution >= 4 is 17.5 Å². The highest BCUT2D eigenvalue weighted by Crippen LogP contribution is 2.28. The minimum atomic E-state index is -0.110. The van der Waals surface area contributed by atoms with Crippen LogP contribution in [0.25, 0.3) is 0 Å². The molecule has 0 bridgehead atoms. The molecule has 0 spiro atoms. The number of nitriles is 1. The first-order valence-electron chi connectivity index (χ1n) is 6.77. The van der Waals surface area contributed by atoms with Gasteiger partial charge in [0.2, 0.25) is 11.8 Å². The third kappa shape index (κ3) is 4.39. The SMILES string of the molecule is N#Cc1cccc(NC(=O)CCCNC(=O)C2CC2)c1. The maximum absolute atomic E-state index is 11.7. The number of hydrogen-bond donors (Lipinski definition) is 2. The van der Waals surface area contributed by atoms with Gasteiger partial charge in [-0.15, -0.1) is 0 Å². The lowest BCUT2D eigenvalue weighted by molar-refractivity contribution is -0.122. The van der Waals surface area contributed by atoms with Crippen LogP contribution in [0.2, 0.25) is 0 Å². The Bertz CT molecular complexity index is 544. The Morgan fingerprint density at radius 2 is 2.15 bits per heavy atom. The van der Waals surface area contributed by atoms with Gasteiger partial charge >= 0.3 is 0 Å². The van der Waals surface area contributed by atoms with Crippen LogP contribution in [-0.4, -0.2) is 18.4 Å². The minimum absolute atomic E-state index is 0.104. The Morgan fingerprint density at radius 1 is 1.35 bits per heavy atom. The summed E-state index contributed by atoms with van der Waals surface area (Å²) in [5, 5.41) is 14.3. The van der Waals surface area contributed by atoms with Gasteiger partial charge in [-0.1, -0.05) is 6.07 Å². The Labute approximate surface area is 118 Å². The second-order valence-corrected chi connectivity index (χ2v) is 4.91. The van der Waals surface area contributed by atoms with E-state index in [0.717, 1.165) is 12.8 Å². The molecule has 1 aromatic carbocycles. The van der Waals surface area contributed by atoms with E-state index in [0.29, 0.717) is 30.6 Å². The van der Waals surface area contributed by atoms with E-state index in [9.17, 15) is 9.59 Å². The number of carbonyl (C=O) groups excluding carboxylic acids is 2. The Hall–Kier alpha value is -2.35. The number of anilines is 1. The minimum Gasteiger partial charge on any atom is -0.356 e. The van der Waals surface area contributed by atoms with E-state index in [1.54, 1.807) is 24.3 Å². The van der Waals surface area contributed by atoms with Crippen molar-refractivity contribution in [2.45, 2.75) is 25.7 Å². The molecule has 0 radical (unpaired) electrons. The zero-order valence-electron chi connectivity index (χ0n) is 11.2. The van der Waals surface area contributed by atoms with Gasteiger partial charge in [-0.05, 0) is 37.5 Å². The van der Waals surface area contributed by atoms with E-state index in [1.807, 2.05) is 6.07 Å². The quantitative estimate of drug-likeness (QED) is 0.774. The van der Waals surface area contributed by atoms with Crippen molar-refractivity contribution in [2.24, 2.45) is 5.92 Å². The van der Waals surface area contributed by atoms with Gasteiger partial charge in [0, 0.05) is 24.6 Å². The molecule has 20 heavy (non-hydrogen) atoms. The molecule has 2 rings (SSSR count). The Balaban J connectivity index is 1.66. The average molecular weight is 271 g/mol. The molecule has 1 aliphatic carbocycles. The molecule has 0 aliphatic heterocycles.